The standard InChI is InChI=1S/C17H15FO3/c1-20-14-7-9-17(21-2)15(11-14)16(19)8-6-12-4-3-5-13(18)10-12/h3-11H,1-2H3/b8-6+. The first kappa shape index (κ1) is 14.8. The Hall–Kier alpha value is -2.62. The van der Waals surface area contributed by atoms with E-state index in [1.54, 1.807) is 36.4 Å². The molecule has 2 rings (SSSR count). The Labute approximate surface area is 122 Å². The van der Waals surface area contributed by atoms with Crippen molar-refractivity contribution in [3.05, 3.63) is 65.5 Å². The molecule has 108 valence electrons. The van der Waals surface area contributed by atoms with Crippen LogP contribution in [0.2, 0.25) is 0 Å². The fourth-order valence-corrected chi connectivity index (χ4v) is 1.88. The molecule has 2 aromatic carbocycles. The topological polar surface area (TPSA) is 35.5 Å². The molecular weight excluding hydrogens is 271 g/mol. The summed E-state index contributed by atoms with van der Waals surface area (Å²) in [6.07, 6.45) is 2.94. The van der Waals surface area contributed by atoms with Gasteiger partial charge in [0.2, 0.25) is 0 Å². The van der Waals surface area contributed by atoms with Gasteiger partial charge in [-0.1, -0.05) is 18.2 Å². The second-order valence-electron chi connectivity index (χ2n) is 4.32. The van der Waals surface area contributed by atoms with E-state index in [2.05, 4.69) is 0 Å². The second-order valence-corrected chi connectivity index (χ2v) is 4.32. The van der Waals surface area contributed by atoms with E-state index >= 15 is 0 Å². The summed E-state index contributed by atoms with van der Waals surface area (Å²) in [6.45, 7) is 0. The van der Waals surface area contributed by atoms with E-state index in [-0.39, 0.29) is 11.6 Å². The molecule has 0 atom stereocenters. The van der Waals surface area contributed by atoms with Crippen LogP contribution in [-0.4, -0.2) is 20.0 Å². The molecule has 0 heterocycles. The van der Waals surface area contributed by atoms with Gasteiger partial charge in [0.15, 0.2) is 5.78 Å². The number of halogens is 1. The van der Waals surface area contributed by atoms with Gasteiger partial charge in [0.1, 0.15) is 17.3 Å². The monoisotopic (exact) mass is 286 g/mol. The number of benzene rings is 2. The van der Waals surface area contributed by atoms with Crippen LogP contribution in [0.25, 0.3) is 6.08 Å². The molecule has 21 heavy (non-hydrogen) atoms. The number of allylic oxidation sites excluding steroid dienone is 1. The highest BCUT2D eigenvalue weighted by Gasteiger charge is 2.11. The first-order valence-electron chi connectivity index (χ1n) is 6.34. The Morgan fingerprint density at radius 2 is 1.90 bits per heavy atom. The van der Waals surface area contributed by atoms with Crippen molar-refractivity contribution in [2.24, 2.45) is 0 Å². The van der Waals surface area contributed by atoms with E-state index in [0.717, 1.165) is 0 Å². The zero-order valence-electron chi connectivity index (χ0n) is 11.8. The van der Waals surface area contributed by atoms with Crippen LogP contribution < -0.4 is 9.47 Å². The number of ether oxygens (including phenoxy) is 2. The number of hydrogen-bond acceptors (Lipinski definition) is 3. The minimum atomic E-state index is -0.344. The molecule has 0 spiro atoms. The third kappa shape index (κ3) is 3.69. The fourth-order valence-electron chi connectivity index (χ4n) is 1.88. The third-order valence-corrected chi connectivity index (χ3v) is 2.95. The lowest BCUT2D eigenvalue weighted by atomic mass is 10.1. The summed E-state index contributed by atoms with van der Waals surface area (Å²) in [5.41, 5.74) is 1.01. The zero-order valence-corrected chi connectivity index (χ0v) is 11.8. The molecular formula is C17H15FO3. The molecule has 0 radical (unpaired) electrons. The molecule has 0 saturated carbocycles. The molecule has 0 bridgehead atoms. The van der Waals surface area contributed by atoms with Gasteiger partial charge < -0.3 is 9.47 Å². The van der Waals surface area contributed by atoms with Crippen LogP contribution in [0.15, 0.2) is 48.5 Å². The SMILES string of the molecule is COc1ccc(OC)c(C(=O)/C=C/c2cccc(F)c2)c1. The smallest absolute Gasteiger partial charge is 0.189 e. The van der Waals surface area contributed by atoms with E-state index < -0.39 is 0 Å². The average molecular weight is 286 g/mol. The van der Waals surface area contributed by atoms with Crippen molar-refractivity contribution >= 4 is 11.9 Å². The number of hydrogen-bond donors (Lipinski definition) is 0. The minimum absolute atomic E-state index is 0.241. The van der Waals surface area contributed by atoms with Crippen molar-refractivity contribution in [3.8, 4) is 11.5 Å². The molecule has 0 aliphatic carbocycles. The van der Waals surface area contributed by atoms with Gasteiger partial charge in [-0.15, -0.1) is 0 Å². The maximum Gasteiger partial charge on any atom is 0.189 e. The van der Waals surface area contributed by atoms with E-state index in [0.29, 0.717) is 22.6 Å². The van der Waals surface area contributed by atoms with Crippen LogP contribution in [0.3, 0.4) is 0 Å². The van der Waals surface area contributed by atoms with Crippen LogP contribution in [0, 0.1) is 5.82 Å². The minimum Gasteiger partial charge on any atom is -0.497 e. The summed E-state index contributed by atoms with van der Waals surface area (Å²) in [5, 5.41) is 0. The molecule has 0 unspecified atom stereocenters. The highest BCUT2D eigenvalue weighted by molar-refractivity contribution is 6.08. The van der Waals surface area contributed by atoms with Crippen LogP contribution >= 0.6 is 0 Å². The zero-order chi connectivity index (χ0) is 15.2. The summed E-state index contributed by atoms with van der Waals surface area (Å²) >= 11 is 0. The van der Waals surface area contributed by atoms with E-state index in [1.165, 1.54) is 32.4 Å². The molecule has 0 aromatic heterocycles. The van der Waals surface area contributed by atoms with Gasteiger partial charge >= 0.3 is 0 Å². The van der Waals surface area contributed by atoms with Crippen LogP contribution in [0.1, 0.15) is 15.9 Å². The lowest BCUT2D eigenvalue weighted by molar-refractivity contribution is 0.104. The predicted octanol–water partition coefficient (Wildman–Crippen LogP) is 3.74. The molecule has 3 nitrogen and oxygen atoms in total. The Balaban J connectivity index is 2.27. The van der Waals surface area contributed by atoms with Crippen LogP contribution in [0.5, 0.6) is 11.5 Å². The summed E-state index contributed by atoms with van der Waals surface area (Å²) in [5.74, 6) is 0.446. The van der Waals surface area contributed by atoms with Gasteiger partial charge in [0.05, 0.1) is 19.8 Å². The second kappa shape index (κ2) is 6.70. The number of rotatable bonds is 5. The summed E-state index contributed by atoms with van der Waals surface area (Å²) in [7, 11) is 3.02. The van der Waals surface area contributed by atoms with Gasteiger partial charge in [-0.3, -0.25) is 4.79 Å². The summed E-state index contributed by atoms with van der Waals surface area (Å²) in [6, 6.07) is 11.0. The normalized spacial score (nSPS) is 10.6. The molecule has 4 heteroatoms. The molecule has 2 aromatic rings. The quantitative estimate of drug-likeness (QED) is 0.620. The Kier molecular flexibility index (Phi) is 4.72. The van der Waals surface area contributed by atoms with E-state index in [9.17, 15) is 9.18 Å². The average Bonchev–Trinajstić information content (AvgIpc) is 2.52. The van der Waals surface area contributed by atoms with Gasteiger partial charge in [-0.2, -0.15) is 0 Å². The van der Waals surface area contributed by atoms with Crippen molar-refractivity contribution in [1.29, 1.82) is 0 Å². The van der Waals surface area contributed by atoms with Crippen molar-refractivity contribution < 1.29 is 18.7 Å². The summed E-state index contributed by atoms with van der Waals surface area (Å²) < 4.78 is 23.3. The molecule has 0 saturated heterocycles. The number of carbonyl (C=O) groups is 1. The van der Waals surface area contributed by atoms with Gasteiger partial charge in [0.25, 0.3) is 0 Å². The lowest BCUT2D eigenvalue weighted by Crippen LogP contribution is -1.99. The Morgan fingerprint density at radius 3 is 2.57 bits per heavy atom. The Bertz CT molecular complexity index is 677. The largest absolute Gasteiger partial charge is 0.497 e. The number of ketones is 1. The Morgan fingerprint density at radius 1 is 1.10 bits per heavy atom. The molecule has 0 fully saturated rings. The van der Waals surface area contributed by atoms with Crippen LogP contribution in [-0.2, 0) is 0 Å². The van der Waals surface area contributed by atoms with Crippen molar-refractivity contribution in [2.45, 2.75) is 0 Å². The number of methoxy groups -OCH3 is 2. The van der Waals surface area contributed by atoms with Gasteiger partial charge in [-0.05, 0) is 42.0 Å². The van der Waals surface area contributed by atoms with Crippen molar-refractivity contribution in [1.82, 2.24) is 0 Å². The van der Waals surface area contributed by atoms with Gasteiger partial charge in [-0.25, -0.2) is 4.39 Å². The molecule has 0 aliphatic heterocycles. The number of carbonyl (C=O) groups excluding carboxylic acids is 1. The molecule has 0 N–H and O–H groups in total. The van der Waals surface area contributed by atoms with Crippen LogP contribution in [0.4, 0.5) is 4.39 Å². The lowest BCUT2D eigenvalue weighted by Gasteiger charge is -2.07. The molecule has 0 amide bonds. The van der Waals surface area contributed by atoms with Crippen molar-refractivity contribution in [2.75, 3.05) is 14.2 Å². The van der Waals surface area contributed by atoms with E-state index in [1.807, 2.05) is 0 Å². The summed E-state index contributed by atoms with van der Waals surface area (Å²) in [4.78, 5) is 12.2. The fraction of sp³-hybridized carbons (Fsp3) is 0.118. The first-order chi connectivity index (χ1) is 10.1. The predicted molar refractivity (Wildman–Crippen MR) is 79.3 cm³/mol. The third-order valence-electron chi connectivity index (χ3n) is 2.95. The van der Waals surface area contributed by atoms with Crippen molar-refractivity contribution in [3.63, 3.8) is 0 Å². The first-order valence-corrected chi connectivity index (χ1v) is 6.34. The highest BCUT2D eigenvalue weighted by atomic mass is 19.1. The van der Waals surface area contributed by atoms with Gasteiger partial charge in [0, 0.05) is 0 Å². The maximum absolute atomic E-state index is 13.1. The maximum atomic E-state index is 13.1. The molecule has 0 aliphatic rings. The van der Waals surface area contributed by atoms with E-state index in [4.69, 9.17) is 9.47 Å². The highest BCUT2D eigenvalue weighted by Crippen LogP contribution is 2.24.